The van der Waals surface area contributed by atoms with Gasteiger partial charge < -0.3 is 5.73 Å². The molecule has 1 saturated carbocycles. The van der Waals surface area contributed by atoms with E-state index in [1.807, 2.05) is 22.9 Å². The van der Waals surface area contributed by atoms with Gasteiger partial charge in [0.15, 0.2) is 0 Å². The van der Waals surface area contributed by atoms with Crippen LogP contribution in [0.2, 0.25) is 0 Å². The Balaban J connectivity index is 2.00. The minimum Gasteiger partial charge on any atom is -0.388 e. The van der Waals surface area contributed by atoms with Crippen molar-refractivity contribution in [3.05, 3.63) is 29.8 Å². The minimum atomic E-state index is 0.383. The molecule has 0 saturated heterocycles. The van der Waals surface area contributed by atoms with E-state index in [4.69, 9.17) is 18.0 Å². The summed E-state index contributed by atoms with van der Waals surface area (Å²) in [5.41, 5.74) is 6.46. The van der Waals surface area contributed by atoms with Crippen LogP contribution in [-0.2, 0) is 0 Å². The number of nitrogens with zero attached hydrogens (tertiary/aromatic N) is 3. The van der Waals surface area contributed by atoms with Gasteiger partial charge in [0.2, 0.25) is 5.13 Å². The molecule has 0 spiro atoms. The summed E-state index contributed by atoms with van der Waals surface area (Å²) in [4.78, 5) is 4.90. The van der Waals surface area contributed by atoms with E-state index >= 15 is 0 Å². The fourth-order valence-electron chi connectivity index (χ4n) is 1.58. The number of rotatable bonds is 3. The zero-order chi connectivity index (χ0) is 11.1. The Hall–Kier alpha value is -1.27. The predicted molar refractivity (Wildman–Crippen MR) is 67.1 cm³/mol. The second-order valence-corrected chi connectivity index (χ2v) is 5.01. The zero-order valence-corrected chi connectivity index (χ0v) is 10.1. The van der Waals surface area contributed by atoms with Crippen LogP contribution in [0.5, 0.6) is 0 Å². The molecule has 2 N–H and O–H groups in total. The average molecular weight is 250 g/mol. The third-order valence-electron chi connectivity index (χ3n) is 2.58. The second-order valence-electron chi connectivity index (χ2n) is 3.84. The Morgan fingerprint density at radius 2 is 2.38 bits per heavy atom. The van der Waals surface area contributed by atoms with Gasteiger partial charge in [-0.2, -0.15) is 4.37 Å². The van der Waals surface area contributed by atoms with Crippen LogP contribution < -0.4 is 5.73 Å². The number of hydrogen-bond donors (Lipinski definition) is 1. The van der Waals surface area contributed by atoms with Crippen LogP contribution in [0.1, 0.15) is 30.3 Å². The van der Waals surface area contributed by atoms with E-state index in [-0.39, 0.29) is 0 Å². The predicted octanol–water partition coefficient (Wildman–Crippen LogP) is 1.84. The van der Waals surface area contributed by atoms with Gasteiger partial charge in [-0.15, -0.1) is 0 Å². The molecule has 0 aliphatic heterocycles. The average Bonchev–Trinajstić information content (AvgIpc) is 2.83. The van der Waals surface area contributed by atoms with Crippen LogP contribution in [0.15, 0.2) is 18.3 Å². The maximum Gasteiger partial charge on any atom is 0.213 e. The summed E-state index contributed by atoms with van der Waals surface area (Å²) in [7, 11) is 0. The van der Waals surface area contributed by atoms with Crippen molar-refractivity contribution in [1.29, 1.82) is 0 Å². The third kappa shape index (κ3) is 1.64. The van der Waals surface area contributed by atoms with E-state index in [9.17, 15) is 0 Å². The first-order chi connectivity index (χ1) is 7.75. The summed E-state index contributed by atoms with van der Waals surface area (Å²) in [5.74, 6) is 1.54. The summed E-state index contributed by atoms with van der Waals surface area (Å²) < 4.78 is 6.25. The lowest BCUT2D eigenvalue weighted by Crippen LogP contribution is -2.14. The molecule has 0 amide bonds. The Kier molecular flexibility index (Phi) is 2.26. The van der Waals surface area contributed by atoms with Crippen molar-refractivity contribution in [3.63, 3.8) is 0 Å². The smallest absolute Gasteiger partial charge is 0.213 e. The molecule has 2 aromatic rings. The molecule has 0 radical (unpaired) electrons. The molecule has 0 bridgehead atoms. The molecule has 2 aromatic heterocycles. The lowest BCUT2D eigenvalue weighted by atomic mass is 10.4. The third-order valence-corrected chi connectivity index (χ3v) is 3.52. The van der Waals surface area contributed by atoms with Crippen LogP contribution in [0.4, 0.5) is 0 Å². The van der Waals surface area contributed by atoms with E-state index < -0.39 is 0 Å². The highest BCUT2D eigenvalue weighted by Crippen LogP contribution is 2.39. The highest BCUT2D eigenvalue weighted by molar-refractivity contribution is 7.80. The molecule has 0 unspecified atom stereocenters. The van der Waals surface area contributed by atoms with E-state index in [1.54, 1.807) is 0 Å². The van der Waals surface area contributed by atoms with Gasteiger partial charge in [0.1, 0.15) is 10.8 Å². The van der Waals surface area contributed by atoms with Gasteiger partial charge in [0.25, 0.3) is 0 Å². The van der Waals surface area contributed by atoms with Crippen LogP contribution >= 0.6 is 23.8 Å². The summed E-state index contributed by atoms with van der Waals surface area (Å²) >= 11 is 6.38. The van der Waals surface area contributed by atoms with Crippen molar-refractivity contribution in [3.8, 4) is 5.13 Å². The standard InChI is InChI=1S/C10H10N4S2/c11-8(15)7-2-1-5-14(7)10-12-9(13-16-10)6-3-4-6/h1-2,5-6H,3-4H2,(H2,11,15). The molecule has 0 atom stereocenters. The molecule has 4 nitrogen and oxygen atoms in total. The first-order valence-corrected chi connectivity index (χ1v) is 6.25. The Bertz CT molecular complexity index is 539. The fraction of sp³-hybridized carbons (Fsp3) is 0.300. The fourth-order valence-corrected chi connectivity index (χ4v) is 2.49. The molecule has 1 aliphatic rings. The van der Waals surface area contributed by atoms with E-state index in [2.05, 4.69) is 9.36 Å². The van der Waals surface area contributed by atoms with E-state index in [0.29, 0.717) is 10.9 Å². The van der Waals surface area contributed by atoms with Gasteiger partial charge in [0, 0.05) is 23.6 Å². The molecule has 1 fully saturated rings. The summed E-state index contributed by atoms with van der Waals surface area (Å²) in [6, 6.07) is 3.80. The van der Waals surface area contributed by atoms with Crippen LogP contribution in [0, 0.1) is 0 Å². The van der Waals surface area contributed by atoms with Crippen LogP contribution in [0.25, 0.3) is 5.13 Å². The minimum absolute atomic E-state index is 0.383. The first-order valence-electron chi connectivity index (χ1n) is 5.07. The highest BCUT2D eigenvalue weighted by Gasteiger charge is 2.28. The maximum atomic E-state index is 5.64. The van der Waals surface area contributed by atoms with Gasteiger partial charge >= 0.3 is 0 Å². The van der Waals surface area contributed by atoms with E-state index in [1.165, 1.54) is 24.4 Å². The molecular formula is C10H10N4S2. The Morgan fingerprint density at radius 1 is 1.56 bits per heavy atom. The Morgan fingerprint density at radius 3 is 3.06 bits per heavy atom. The number of thiocarbonyl (C=S) groups is 1. The van der Waals surface area contributed by atoms with Gasteiger partial charge in [-0.25, -0.2) is 4.98 Å². The van der Waals surface area contributed by atoms with Gasteiger partial charge in [-0.05, 0) is 25.0 Å². The number of hydrogen-bond acceptors (Lipinski definition) is 4. The normalized spacial score (nSPS) is 15.2. The van der Waals surface area contributed by atoms with E-state index in [0.717, 1.165) is 16.6 Å². The largest absolute Gasteiger partial charge is 0.388 e. The van der Waals surface area contributed by atoms with Crippen molar-refractivity contribution < 1.29 is 0 Å². The van der Waals surface area contributed by atoms with Crippen molar-refractivity contribution >= 4 is 28.7 Å². The molecular weight excluding hydrogens is 240 g/mol. The van der Waals surface area contributed by atoms with Gasteiger partial charge in [-0.3, -0.25) is 4.57 Å². The summed E-state index contributed by atoms with van der Waals surface area (Å²) in [6.07, 6.45) is 4.33. The summed E-state index contributed by atoms with van der Waals surface area (Å²) in [6.45, 7) is 0. The van der Waals surface area contributed by atoms with Gasteiger partial charge in [0.05, 0.1) is 5.69 Å². The lowest BCUT2D eigenvalue weighted by Gasteiger charge is -2.02. The molecule has 3 rings (SSSR count). The number of nitrogens with two attached hydrogens (primary N) is 1. The topological polar surface area (TPSA) is 56.7 Å². The highest BCUT2D eigenvalue weighted by atomic mass is 32.1. The quantitative estimate of drug-likeness (QED) is 0.845. The van der Waals surface area contributed by atoms with Gasteiger partial charge in [-0.1, -0.05) is 12.2 Å². The molecule has 1 aliphatic carbocycles. The first kappa shape index (κ1) is 9.92. The maximum absolute atomic E-state index is 5.64. The molecule has 0 aromatic carbocycles. The lowest BCUT2D eigenvalue weighted by molar-refractivity contribution is 0.946. The molecule has 6 heteroatoms. The van der Waals surface area contributed by atoms with Crippen molar-refractivity contribution in [2.24, 2.45) is 5.73 Å². The van der Waals surface area contributed by atoms with Crippen molar-refractivity contribution in [1.82, 2.24) is 13.9 Å². The second kappa shape index (κ2) is 3.64. The number of aromatic nitrogens is 3. The van der Waals surface area contributed by atoms with Crippen molar-refractivity contribution in [2.75, 3.05) is 0 Å². The molecule has 2 heterocycles. The molecule has 16 heavy (non-hydrogen) atoms. The monoisotopic (exact) mass is 250 g/mol. The Labute approximate surface area is 102 Å². The SMILES string of the molecule is NC(=S)c1cccn1-c1nc(C2CC2)ns1. The van der Waals surface area contributed by atoms with Crippen LogP contribution in [-0.4, -0.2) is 18.9 Å². The molecule has 82 valence electrons. The zero-order valence-electron chi connectivity index (χ0n) is 8.46. The van der Waals surface area contributed by atoms with Crippen LogP contribution in [0.3, 0.4) is 0 Å². The van der Waals surface area contributed by atoms with Crippen molar-refractivity contribution in [2.45, 2.75) is 18.8 Å². The summed E-state index contributed by atoms with van der Waals surface area (Å²) in [5, 5.41) is 0.842.